The highest BCUT2D eigenvalue weighted by Crippen LogP contribution is 2.17. The third kappa shape index (κ3) is 3.63. The first-order valence-electron chi connectivity index (χ1n) is 5.80. The lowest BCUT2D eigenvalue weighted by Gasteiger charge is -2.05. The van der Waals surface area contributed by atoms with Crippen molar-refractivity contribution in [2.75, 3.05) is 11.9 Å². The van der Waals surface area contributed by atoms with Gasteiger partial charge in [-0.2, -0.15) is 0 Å². The van der Waals surface area contributed by atoms with Crippen molar-refractivity contribution >= 4 is 22.9 Å². The van der Waals surface area contributed by atoms with Crippen LogP contribution in [-0.4, -0.2) is 22.6 Å². The normalized spacial score (nSPS) is 9.70. The van der Waals surface area contributed by atoms with Crippen LogP contribution in [0.15, 0.2) is 29.9 Å². The molecule has 0 fully saturated rings. The molecule has 0 radical (unpaired) electrons. The van der Waals surface area contributed by atoms with Crippen molar-refractivity contribution in [2.24, 2.45) is 0 Å². The van der Waals surface area contributed by atoms with Gasteiger partial charge in [0.05, 0.1) is 24.0 Å². The molecule has 0 saturated heterocycles. The number of nitrogens with zero attached hydrogens (tertiary/aromatic N) is 1. The average Bonchev–Trinajstić information content (AvgIpc) is 2.96. The molecule has 0 spiro atoms. The Balaban J connectivity index is 2.11. The number of halogens is 1. The van der Waals surface area contributed by atoms with Crippen molar-refractivity contribution < 1.29 is 14.3 Å². The molecular formula is C14H11FN2O2S. The summed E-state index contributed by atoms with van der Waals surface area (Å²) < 4.78 is 13.8. The van der Waals surface area contributed by atoms with E-state index >= 15 is 0 Å². The van der Waals surface area contributed by atoms with Crippen LogP contribution in [0.4, 0.5) is 10.1 Å². The zero-order valence-corrected chi connectivity index (χ0v) is 11.2. The number of rotatable bonds is 3. The van der Waals surface area contributed by atoms with E-state index in [4.69, 9.17) is 5.11 Å². The first-order valence-corrected chi connectivity index (χ1v) is 6.68. The van der Waals surface area contributed by atoms with Gasteiger partial charge in [0.2, 0.25) is 0 Å². The number of aliphatic hydroxyl groups is 1. The third-order valence-corrected chi connectivity index (χ3v) is 3.11. The number of aliphatic hydroxyl groups excluding tert-OH is 1. The quantitative estimate of drug-likeness (QED) is 0.852. The summed E-state index contributed by atoms with van der Waals surface area (Å²) in [4.78, 5) is 16.0. The van der Waals surface area contributed by atoms with Crippen molar-refractivity contribution in [1.29, 1.82) is 0 Å². The van der Waals surface area contributed by atoms with Crippen molar-refractivity contribution in [2.45, 2.75) is 6.42 Å². The number of amides is 1. The monoisotopic (exact) mass is 290 g/mol. The predicted molar refractivity (Wildman–Crippen MR) is 75.0 cm³/mol. The molecule has 4 nitrogen and oxygen atoms in total. The van der Waals surface area contributed by atoms with Gasteiger partial charge in [-0.05, 0) is 18.2 Å². The Labute approximate surface area is 119 Å². The van der Waals surface area contributed by atoms with E-state index in [1.807, 2.05) is 0 Å². The van der Waals surface area contributed by atoms with E-state index in [0.717, 1.165) is 0 Å². The summed E-state index contributed by atoms with van der Waals surface area (Å²) in [6.07, 6.45) is 1.76. The van der Waals surface area contributed by atoms with E-state index < -0.39 is 11.7 Å². The van der Waals surface area contributed by atoms with Gasteiger partial charge in [-0.3, -0.25) is 9.78 Å². The van der Waals surface area contributed by atoms with Crippen LogP contribution in [0.25, 0.3) is 0 Å². The maximum atomic E-state index is 13.8. The Kier molecular flexibility index (Phi) is 4.82. The lowest BCUT2D eigenvalue weighted by molar-refractivity contribution is 0.103. The molecule has 1 heterocycles. The summed E-state index contributed by atoms with van der Waals surface area (Å²) in [6, 6.07) is 4.31. The molecule has 0 aliphatic rings. The summed E-state index contributed by atoms with van der Waals surface area (Å²) in [5.41, 5.74) is 2.12. The summed E-state index contributed by atoms with van der Waals surface area (Å²) in [6.45, 7) is -0.0293. The molecule has 0 atom stereocenters. The molecule has 0 saturated carbocycles. The molecule has 1 aromatic heterocycles. The van der Waals surface area contributed by atoms with Gasteiger partial charge in [-0.1, -0.05) is 11.8 Å². The van der Waals surface area contributed by atoms with Gasteiger partial charge in [0.25, 0.3) is 5.91 Å². The van der Waals surface area contributed by atoms with Crippen LogP contribution in [0.3, 0.4) is 0 Å². The molecule has 0 unspecified atom stereocenters. The minimum absolute atomic E-state index is 0.0293. The Hall–Kier alpha value is -2.23. The first-order chi connectivity index (χ1) is 9.70. The van der Waals surface area contributed by atoms with Crippen LogP contribution in [-0.2, 0) is 0 Å². The van der Waals surface area contributed by atoms with E-state index in [-0.39, 0.29) is 12.3 Å². The number of aromatic nitrogens is 1. The van der Waals surface area contributed by atoms with Gasteiger partial charge in [-0.25, -0.2) is 4.39 Å². The van der Waals surface area contributed by atoms with Gasteiger partial charge in [0.1, 0.15) is 10.7 Å². The number of anilines is 1. The fraction of sp³-hybridized carbons (Fsp3) is 0.143. The minimum atomic E-state index is -0.557. The largest absolute Gasteiger partial charge is 0.395 e. The van der Waals surface area contributed by atoms with Gasteiger partial charge < -0.3 is 10.4 Å². The third-order valence-electron chi connectivity index (χ3n) is 2.34. The van der Waals surface area contributed by atoms with Crippen LogP contribution in [0, 0.1) is 17.7 Å². The lowest BCUT2D eigenvalue weighted by atomic mass is 10.2. The summed E-state index contributed by atoms with van der Waals surface area (Å²) >= 11 is 1.18. The maximum Gasteiger partial charge on any atom is 0.267 e. The van der Waals surface area contributed by atoms with E-state index in [9.17, 15) is 9.18 Å². The molecule has 20 heavy (non-hydrogen) atoms. The molecule has 0 aliphatic heterocycles. The van der Waals surface area contributed by atoms with Crippen LogP contribution >= 0.6 is 11.3 Å². The minimum Gasteiger partial charge on any atom is -0.395 e. The number of carbonyl (C=O) groups excluding carboxylic acids is 1. The average molecular weight is 290 g/mol. The Bertz CT molecular complexity index is 660. The van der Waals surface area contributed by atoms with Gasteiger partial charge in [-0.15, -0.1) is 11.3 Å². The van der Waals surface area contributed by atoms with E-state index in [0.29, 0.717) is 16.9 Å². The molecule has 0 aliphatic carbocycles. The molecule has 102 valence electrons. The first kappa shape index (κ1) is 14.2. The van der Waals surface area contributed by atoms with E-state index in [2.05, 4.69) is 22.1 Å². The number of benzene rings is 1. The molecule has 2 rings (SSSR count). The van der Waals surface area contributed by atoms with Crippen LogP contribution in [0.2, 0.25) is 0 Å². The number of hydrogen-bond donors (Lipinski definition) is 2. The molecule has 0 bridgehead atoms. The highest BCUT2D eigenvalue weighted by Gasteiger charge is 2.10. The molecule has 6 heteroatoms. The Morgan fingerprint density at radius 3 is 3.00 bits per heavy atom. The number of carbonyl (C=O) groups is 1. The number of thiazole rings is 1. The van der Waals surface area contributed by atoms with Gasteiger partial charge >= 0.3 is 0 Å². The highest BCUT2D eigenvalue weighted by molar-refractivity contribution is 7.11. The second kappa shape index (κ2) is 6.80. The number of nitrogens with one attached hydrogen (secondary N) is 1. The fourth-order valence-corrected chi connectivity index (χ4v) is 1.94. The standard InChI is InChI=1S/C14H11FN2O2S/c15-11-7-10(3-1-2-6-18)4-5-12(11)17-14(19)13-8-16-9-20-13/h4-5,7-9,18H,2,6H2,(H,17,19). The van der Waals surface area contributed by atoms with E-state index in [1.165, 1.54) is 35.2 Å². The Morgan fingerprint density at radius 2 is 2.35 bits per heavy atom. The highest BCUT2D eigenvalue weighted by atomic mass is 32.1. The molecule has 2 aromatic rings. The van der Waals surface area contributed by atoms with Gasteiger partial charge in [0, 0.05) is 12.0 Å². The second-order valence-electron chi connectivity index (χ2n) is 3.79. The van der Waals surface area contributed by atoms with Crippen molar-refractivity contribution in [3.8, 4) is 11.8 Å². The Morgan fingerprint density at radius 1 is 1.50 bits per heavy atom. The van der Waals surface area contributed by atoms with Crippen LogP contribution < -0.4 is 5.32 Å². The SMILES string of the molecule is O=C(Nc1ccc(C#CCCO)cc1F)c1cncs1. The maximum absolute atomic E-state index is 13.8. The van der Waals surface area contributed by atoms with Crippen molar-refractivity contribution in [3.05, 3.63) is 46.2 Å². The van der Waals surface area contributed by atoms with Crippen LogP contribution in [0.5, 0.6) is 0 Å². The second-order valence-corrected chi connectivity index (χ2v) is 4.68. The summed E-state index contributed by atoms with van der Waals surface area (Å²) in [5, 5.41) is 11.1. The topological polar surface area (TPSA) is 62.2 Å². The van der Waals surface area contributed by atoms with Gasteiger partial charge in [0.15, 0.2) is 0 Å². The zero-order valence-electron chi connectivity index (χ0n) is 10.4. The smallest absolute Gasteiger partial charge is 0.267 e. The number of hydrogen-bond acceptors (Lipinski definition) is 4. The zero-order chi connectivity index (χ0) is 14.4. The molecule has 1 amide bonds. The summed E-state index contributed by atoms with van der Waals surface area (Å²) in [7, 11) is 0. The summed E-state index contributed by atoms with van der Waals surface area (Å²) in [5.74, 6) is 4.47. The molecular weight excluding hydrogens is 279 g/mol. The fourth-order valence-electron chi connectivity index (χ4n) is 1.43. The lowest BCUT2D eigenvalue weighted by Crippen LogP contribution is -2.11. The predicted octanol–water partition coefficient (Wildman–Crippen LogP) is 2.27. The van der Waals surface area contributed by atoms with Crippen LogP contribution in [0.1, 0.15) is 21.7 Å². The van der Waals surface area contributed by atoms with Crippen molar-refractivity contribution in [1.82, 2.24) is 4.98 Å². The molecule has 2 N–H and O–H groups in total. The van der Waals surface area contributed by atoms with Crippen molar-refractivity contribution in [3.63, 3.8) is 0 Å². The molecule has 1 aromatic carbocycles. The van der Waals surface area contributed by atoms with E-state index in [1.54, 1.807) is 6.07 Å².